The first-order chi connectivity index (χ1) is 13.7. The first-order valence-corrected chi connectivity index (χ1v) is 9.47. The maximum atomic E-state index is 12.8. The first kappa shape index (κ1) is 18.0. The van der Waals surface area contributed by atoms with Gasteiger partial charge in [-0.2, -0.15) is 0 Å². The lowest BCUT2D eigenvalue weighted by atomic mass is 10.1. The van der Waals surface area contributed by atoms with Crippen molar-refractivity contribution in [2.24, 2.45) is 5.92 Å². The highest BCUT2D eigenvalue weighted by Gasteiger charge is 2.30. The molecule has 1 aliphatic carbocycles. The molecule has 142 valence electrons. The molecule has 2 aromatic carbocycles. The van der Waals surface area contributed by atoms with Crippen LogP contribution in [0.5, 0.6) is 0 Å². The molecule has 0 bridgehead atoms. The minimum absolute atomic E-state index is 0.178. The molecular formula is C23H22N2O3. The number of H-pyrrole nitrogens is 1. The summed E-state index contributed by atoms with van der Waals surface area (Å²) < 4.78 is 5.51. The van der Waals surface area contributed by atoms with E-state index in [9.17, 15) is 9.59 Å². The quantitative estimate of drug-likeness (QED) is 0.686. The number of hydrogen-bond donors (Lipinski definition) is 1. The number of anilines is 1. The van der Waals surface area contributed by atoms with Crippen LogP contribution in [0, 0.1) is 5.92 Å². The number of pyridine rings is 1. The second kappa shape index (κ2) is 8.13. The molecule has 3 aromatic rings. The maximum Gasteiger partial charge on any atom is 0.414 e. The lowest BCUT2D eigenvalue weighted by Crippen LogP contribution is -2.37. The molecule has 1 amide bonds. The zero-order valence-corrected chi connectivity index (χ0v) is 15.5. The van der Waals surface area contributed by atoms with Gasteiger partial charge in [0.05, 0.1) is 0 Å². The molecule has 5 heteroatoms. The van der Waals surface area contributed by atoms with Gasteiger partial charge in [0.1, 0.15) is 12.3 Å². The van der Waals surface area contributed by atoms with Gasteiger partial charge < -0.3 is 9.72 Å². The van der Waals surface area contributed by atoms with Crippen LogP contribution in [0.4, 0.5) is 10.5 Å². The summed E-state index contributed by atoms with van der Waals surface area (Å²) in [6, 6.07) is 21.1. The molecule has 0 saturated heterocycles. The van der Waals surface area contributed by atoms with Gasteiger partial charge in [-0.05, 0) is 36.0 Å². The summed E-state index contributed by atoms with van der Waals surface area (Å²) in [5.74, 6) is 0.420. The molecule has 1 aliphatic rings. The number of carbonyl (C=O) groups is 1. The van der Waals surface area contributed by atoms with Crippen LogP contribution in [0.3, 0.4) is 0 Å². The van der Waals surface area contributed by atoms with Crippen molar-refractivity contribution in [3.05, 3.63) is 88.8 Å². The lowest BCUT2D eigenvalue weighted by molar-refractivity contribution is 0.146. The molecule has 5 nitrogen and oxygen atoms in total. The van der Waals surface area contributed by atoms with E-state index in [2.05, 4.69) is 4.98 Å². The fourth-order valence-corrected chi connectivity index (χ4v) is 3.10. The molecule has 1 aromatic heterocycles. The van der Waals surface area contributed by atoms with Crippen molar-refractivity contribution >= 4 is 11.8 Å². The number of rotatable bonds is 6. The summed E-state index contributed by atoms with van der Waals surface area (Å²) in [5, 5.41) is 0. The van der Waals surface area contributed by atoms with Gasteiger partial charge in [-0.15, -0.1) is 0 Å². The normalized spacial score (nSPS) is 13.1. The number of ether oxygens (including phenoxy) is 1. The van der Waals surface area contributed by atoms with E-state index in [0.717, 1.165) is 29.5 Å². The average molecular weight is 374 g/mol. The monoisotopic (exact) mass is 374 g/mol. The third kappa shape index (κ3) is 4.31. The number of amides is 1. The van der Waals surface area contributed by atoms with E-state index < -0.39 is 6.09 Å². The van der Waals surface area contributed by atoms with Crippen LogP contribution in [0.15, 0.2) is 77.7 Å². The van der Waals surface area contributed by atoms with Gasteiger partial charge in [-0.1, -0.05) is 60.7 Å². The van der Waals surface area contributed by atoms with Crippen LogP contribution in [0.25, 0.3) is 11.1 Å². The van der Waals surface area contributed by atoms with Gasteiger partial charge in [0.15, 0.2) is 0 Å². The van der Waals surface area contributed by atoms with E-state index in [4.69, 9.17) is 4.74 Å². The van der Waals surface area contributed by atoms with E-state index in [1.54, 1.807) is 12.3 Å². The molecule has 1 saturated carbocycles. The standard InChI is InChI=1S/C23H22N2O3/c26-22-21(13-20(14-24-22)19-9-5-2-6-10-19)25(15-17-11-12-17)23(27)28-16-18-7-3-1-4-8-18/h1-10,13-14,17H,11-12,15-16H2,(H,24,26). The van der Waals surface area contributed by atoms with Crippen LogP contribution < -0.4 is 10.5 Å². The van der Waals surface area contributed by atoms with E-state index in [0.29, 0.717) is 18.2 Å². The zero-order chi connectivity index (χ0) is 19.3. The fraction of sp³-hybridized carbons (Fsp3) is 0.217. The number of benzene rings is 2. The first-order valence-electron chi connectivity index (χ1n) is 9.47. The van der Waals surface area contributed by atoms with Gasteiger partial charge in [0.25, 0.3) is 5.56 Å². The predicted molar refractivity (Wildman–Crippen MR) is 109 cm³/mol. The number of aromatic nitrogens is 1. The van der Waals surface area contributed by atoms with Crippen molar-refractivity contribution in [2.45, 2.75) is 19.4 Å². The number of nitrogens with zero attached hydrogens (tertiary/aromatic N) is 1. The van der Waals surface area contributed by atoms with E-state index in [1.165, 1.54) is 4.90 Å². The Hall–Kier alpha value is -3.34. The van der Waals surface area contributed by atoms with Crippen LogP contribution in [0.1, 0.15) is 18.4 Å². The molecule has 1 fully saturated rings. The summed E-state index contributed by atoms with van der Waals surface area (Å²) in [5.41, 5.74) is 2.77. The van der Waals surface area contributed by atoms with Crippen molar-refractivity contribution in [1.29, 1.82) is 0 Å². The molecular weight excluding hydrogens is 352 g/mol. The van der Waals surface area contributed by atoms with E-state index in [-0.39, 0.29) is 12.2 Å². The van der Waals surface area contributed by atoms with Gasteiger partial charge in [-0.25, -0.2) is 4.79 Å². The molecule has 0 spiro atoms. The Morgan fingerprint density at radius 3 is 2.36 bits per heavy atom. The molecule has 0 aliphatic heterocycles. The van der Waals surface area contributed by atoms with Crippen molar-refractivity contribution < 1.29 is 9.53 Å². The Bertz CT molecular complexity index is 995. The summed E-state index contributed by atoms with van der Waals surface area (Å²) in [4.78, 5) is 29.6. The Morgan fingerprint density at radius 1 is 1.00 bits per heavy atom. The Morgan fingerprint density at radius 2 is 1.68 bits per heavy atom. The SMILES string of the molecule is O=C(OCc1ccccc1)N(CC1CC1)c1cc(-c2ccccc2)c[nH]c1=O. The summed E-state index contributed by atoms with van der Waals surface area (Å²) in [7, 11) is 0. The molecule has 1 N–H and O–H groups in total. The highest BCUT2D eigenvalue weighted by molar-refractivity contribution is 5.88. The third-order valence-electron chi connectivity index (χ3n) is 4.84. The van der Waals surface area contributed by atoms with Crippen molar-refractivity contribution in [1.82, 2.24) is 4.98 Å². The molecule has 0 unspecified atom stereocenters. The topological polar surface area (TPSA) is 62.4 Å². The van der Waals surface area contributed by atoms with Crippen LogP contribution in [-0.2, 0) is 11.3 Å². The van der Waals surface area contributed by atoms with Gasteiger partial charge in [0.2, 0.25) is 0 Å². The Kier molecular flexibility index (Phi) is 5.24. The molecule has 0 atom stereocenters. The maximum absolute atomic E-state index is 12.8. The minimum Gasteiger partial charge on any atom is -0.444 e. The molecule has 4 rings (SSSR count). The second-order valence-electron chi connectivity index (χ2n) is 7.06. The van der Waals surface area contributed by atoms with E-state index >= 15 is 0 Å². The Balaban J connectivity index is 1.60. The van der Waals surface area contributed by atoms with Crippen LogP contribution >= 0.6 is 0 Å². The third-order valence-corrected chi connectivity index (χ3v) is 4.84. The molecule has 28 heavy (non-hydrogen) atoms. The number of nitrogens with one attached hydrogen (secondary N) is 1. The number of carbonyl (C=O) groups excluding carboxylic acids is 1. The second-order valence-corrected chi connectivity index (χ2v) is 7.06. The van der Waals surface area contributed by atoms with Crippen LogP contribution in [0.2, 0.25) is 0 Å². The van der Waals surface area contributed by atoms with Crippen molar-refractivity contribution in [2.75, 3.05) is 11.4 Å². The lowest BCUT2D eigenvalue weighted by Gasteiger charge is -2.22. The van der Waals surface area contributed by atoms with Gasteiger partial charge in [0, 0.05) is 18.3 Å². The summed E-state index contributed by atoms with van der Waals surface area (Å²) in [6.07, 6.45) is 3.31. The number of aromatic amines is 1. The van der Waals surface area contributed by atoms with Crippen molar-refractivity contribution in [3.63, 3.8) is 0 Å². The van der Waals surface area contributed by atoms with Gasteiger partial charge in [-0.3, -0.25) is 9.69 Å². The predicted octanol–water partition coefficient (Wildman–Crippen LogP) is 4.60. The summed E-state index contributed by atoms with van der Waals surface area (Å²) in [6.45, 7) is 0.673. The van der Waals surface area contributed by atoms with Crippen molar-refractivity contribution in [3.8, 4) is 11.1 Å². The molecule has 0 radical (unpaired) electrons. The van der Waals surface area contributed by atoms with Gasteiger partial charge >= 0.3 is 6.09 Å². The Labute approximate surface area is 163 Å². The average Bonchev–Trinajstić information content (AvgIpc) is 3.56. The highest BCUT2D eigenvalue weighted by atomic mass is 16.6. The minimum atomic E-state index is -0.494. The zero-order valence-electron chi connectivity index (χ0n) is 15.5. The fourth-order valence-electron chi connectivity index (χ4n) is 3.10. The number of hydrogen-bond acceptors (Lipinski definition) is 3. The smallest absolute Gasteiger partial charge is 0.414 e. The van der Waals surface area contributed by atoms with E-state index in [1.807, 2.05) is 60.7 Å². The molecule has 1 heterocycles. The van der Waals surface area contributed by atoms with Crippen LogP contribution in [-0.4, -0.2) is 17.6 Å². The summed E-state index contributed by atoms with van der Waals surface area (Å²) >= 11 is 0. The highest BCUT2D eigenvalue weighted by Crippen LogP contribution is 2.32. The largest absolute Gasteiger partial charge is 0.444 e.